The maximum atomic E-state index is 14.0. The second-order valence-corrected chi connectivity index (χ2v) is 9.59. The van der Waals surface area contributed by atoms with Crippen molar-refractivity contribution < 1.29 is 14.0 Å². The zero-order chi connectivity index (χ0) is 22.0. The highest BCUT2D eigenvalue weighted by atomic mass is 35.5. The maximum Gasteiger partial charge on any atom is 0.251 e. The number of nitrogens with zero attached hydrogens (tertiary/aromatic N) is 2. The van der Waals surface area contributed by atoms with Crippen molar-refractivity contribution in [3.05, 3.63) is 50.6 Å². The van der Waals surface area contributed by atoms with Gasteiger partial charge in [0.05, 0.1) is 12.1 Å². The number of rotatable bonds is 6. The van der Waals surface area contributed by atoms with E-state index in [9.17, 15) is 14.0 Å². The van der Waals surface area contributed by atoms with Gasteiger partial charge in [0.25, 0.3) is 5.91 Å². The number of hydrogen-bond donors (Lipinski definition) is 2. The molecule has 1 fully saturated rings. The molecular formula is C22H26ClFN4O2S. The van der Waals surface area contributed by atoms with Gasteiger partial charge in [-0.25, -0.2) is 4.39 Å². The Morgan fingerprint density at radius 3 is 2.55 bits per heavy atom. The first-order chi connectivity index (χ1) is 14.9. The summed E-state index contributed by atoms with van der Waals surface area (Å²) in [4.78, 5) is 30.0. The highest BCUT2D eigenvalue weighted by molar-refractivity contribution is 7.17. The number of benzene rings is 1. The Labute approximate surface area is 190 Å². The van der Waals surface area contributed by atoms with E-state index in [4.69, 9.17) is 17.3 Å². The number of thiophene rings is 1. The molecule has 0 radical (unpaired) electrons. The molecule has 2 heterocycles. The van der Waals surface area contributed by atoms with Gasteiger partial charge in [0.15, 0.2) is 0 Å². The Bertz CT molecular complexity index is 968. The van der Waals surface area contributed by atoms with Crippen LogP contribution in [0, 0.1) is 5.82 Å². The second kappa shape index (κ2) is 9.65. The van der Waals surface area contributed by atoms with Crippen molar-refractivity contribution in [1.29, 1.82) is 0 Å². The van der Waals surface area contributed by atoms with E-state index in [1.165, 1.54) is 17.4 Å². The summed E-state index contributed by atoms with van der Waals surface area (Å²) in [5.74, 6) is -0.917. The third kappa shape index (κ3) is 5.09. The van der Waals surface area contributed by atoms with Crippen LogP contribution in [-0.4, -0.2) is 54.3 Å². The van der Waals surface area contributed by atoms with Crippen molar-refractivity contribution in [3.8, 4) is 0 Å². The summed E-state index contributed by atoms with van der Waals surface area (Å²) < 4.78 is 14.0. The van der Waals surface area contributed by atoms with Crippen LogP contribution < -0.4 is 11.1 Å². The Morgan fingerprint density at radius 2 is 1.84 bits per heavy atom. The SMILES string of the molecule is NC(=O)c1c(NC(=O)CN2CCN(Cc3c(F)cccc3Cl)CC2)sc2c1CCCC2. The van der Waals surface area contributed by atoms with Crippen molar-refractivity contribution >= 4 is 39.8 Å². The van der Waals surface area contributed by atoms with Gasteiger partial charge in [0.1, 0.15) is 10.8 Å². The number of piperazine rings is 1. The summed E-state index contributed by atoms with van der Waals surface area (Å²) in [6.45, 7) is 3.53. The molecule has 2 amide bonds. The fourth-order valence-electron chi connectivity index (χ4n) is 4.30. The number of nitrogens with one attached hydrogen (secondary N) is 1. The number of anilines is 1. The van der Waals surface area contributed by atoms with Crippen LogP contribution in [0.2, 0.25) is 5.02 Å². The number of aryl methyl sites for hydroxylation is 1. The minimum atomic E-state index is -0.477. The summed E-state index contributed by atoms with van der Waals surface area (Å²) in [6, 6.07) is 4.72. The van der Waals surface area contributed by atoms with Crippen LogP contribution in [0.3, 0.4) is 0 Å². The molecule has 2 aromatic rings. The van der Waals surface area contributed by atoms with Gasteiger partial charge in [-0.15, -0.1) is 11.3 Å². The van der Waals surface area contributed by atoms with Crippen LogP contribution in [0.5, 0.6) is 0 Å². The quantitative estimate of drug-likeness (QED) is 0.687. The lowest BCUT2D eigenvalue weighted by molar-refractivity contribution is -0.117. The van der Waals surface area contributed by atoms with Crippen LogP contribution in [-0.2, 0) is 24.2 Å². The molecule has 1 aliphatic carbocycles. The van der Waals surface area contributed by atoms with Gasteiger partial charge < -0.3 is 11.1 Å². The lowest BCUT2D eigenvalue weighted by atomic mass is 9.95. The lowest BCUT2D eigenvalue weighted by Crippen LogP contribution is -2.48. The van der Waals surface area contributed by atoms with Gasteiger partial charge in [-0.3, -0.25) is 19.4 Å². The fourth-order valence-corrected chi connectivity index (χ4v) is 5.83. The largest absolute Gasteiger partial charge is 0.365 e. The highest BCUT2D eigenvalue weighted by Gasteiger charge is 2.26. The number of amides is 2. The van der Waals surface area contributed by atoms with Crippen molar-refractivity contribution in [2.45, 2.75) is 32.2 Å². The number of hydrogen-bond acceptors (Lipinski definition) is 5. The number of fused-ring (bicyclic) bond motifs is 1. The highest BCUT2D eigenvalue weighted by Crippen LogP contribution is 2.37. The summed E-state index contributed by atoms with van der Waals surface area (Å²) in [6.07, 6.45) is 3.92. The van der Waals surface area contributed by atoms with Crippen molar-refractivity contribution in [2.24, 2.45) is 5.73 Å². The number of halogens is 2. The molecule has 1 saturated heterocycles. The number of carbonyl (C=O) groups is 2. The van der Waals surface area contributed by atoms with Crippen LogP contribution >= 0.6 is 22.9 Å². The molecule has 0 bridgehead atoms. The normalized spacial score (nSPS) is 17.4. The molecule has 9 heteroatoms. The summed E-state index contributed by atoms with van der Waals surface area (Å²) in [7, 11) is 0. The van der Waals surface area contributed by atoms with E-state index in [-0.39, 0.29) is 18.3 Å². The predicted molar refractivity (Wildman–Crippen MR) is 121 cm³/mol. The lowest BCUT2D eigenvalue weighted by Gasteiger charge is -2.34. The van der Waals surface area contributed by atoms with Crippen LogP contribution in [0.4, 0.5) is 9.39 Å². The molecule has 31 heavy (non-hydrogen) atoms. The average Bonchev–Trinajstić information content (AvgIpc) is 3.10. The molecular weight excluding hydrogens is 439 g/mol. The molecule has 0 saturated carbocycles. The molecule has 0 unspecified atom stereocenters. The first-order valence-electron chi connectivity index (χ1n) is 10.5. The summed E-state index contributed by atoms with van der Waals surface area (Å²) in [5.41, 5.74) is 7.62. The van der Waals surface area contributed by atoms with E-state index >= 15 is 0 Å². The molecule has 6 nitrogen and oxygen atoms in total. The Kier molecular flexibility index (Phi) is 6.91. The molecule has 4 rings (SSSR count). The average molecular weight is 465 g/mol. The molecule has 0 atom stereocenters. The van der Waals surface area contributed by atoms with Gasteiger partial charge in [0, 0.05) is 48.2 Å². The molecule has 1 aliphatic heterocycles. The van der Waals surface area contributed by atoms with Gasteiger partial charge >= 0.3 is 0 Å². The van der Waals surface area contributed by atoms with E-state index in [2.05, 4.69) is 15.1 Å². The monoisotopic (exact) mass is 464 g/mol. The van der Waals surface area contributed by atoms with Crippen LogP contribution in [0.25, 0.3) is 0 Å². The maximum absolute atomic E-state index is 14.0. The van der Waals surface area contributed by atoms with Gasteiger partial charge in [0.2, 0.25) is 5.91 Å². The van der Waals surface area contributed by atoms with E-state index in [0.717, 1.165) is 49.2 Å². The summed E-state index contributed by atoms with van der Waals surface area (Å²) >= 11 is 7.61. The first kappa shape index (κ1) is 22.2. The minimum absolute atomic E-state index is 0.147. The Hall–Kier alpha value is -2.00. The van der Waals surface area contributed by atoms with E-state index in [0.29, 0.717) is 40.8 Å². The number of primary amides is 1. The minimum Gasteiger partial charge on any atom is -0.365 e. The molecule has 166 valence electrons. The van der Waals surface area contributed by atoms with Crippen molar-refractivity contribution in [1.82, 2.24) is 9.80 Å². The second-order valence-electron chi connectivity index (χ2n) is 8.08. The molecule has 1 aromatic carbocycles. The topological polar surface area (TPSA) is 78.7 Å². The van der Waals surface area contributed by atoms with Crippen molar-refractivity contribution in [3.63, 3.8) is 0 Å². The van der Waals surface area contributed by atoms with E-state index < -0.39 is 5.91 Å². The van der Waals surface area contributed by atoms with Crippen LogP contribution in [0.1, 0.15) is 39.2 Å². The zero-order valence-corrected chi connectivity index (χ0v) is 18.8. The third-order valence-corrected chi connectivity index (χ3v) is 7.51. The fraction of sp³-hybridized carbons (Fsp3) is 0.455. The molecule has 2 aliphatic rings. The molecule has 3 N–H and O–H groups in total. The standard InChI is InChI=1S/C22H26ClFN4O2S/c23-16-5-3-6-17(24)15(16)12-27-8-10-28(11-9-27)13-19(29)26-22-20(21(25)30)14-4-1-2-7-18(14)31-22/h3,5-6H,1-2,4,7-13H2,(H2,25,30)(H,26,29). The molecule has 1 aromatic heterocycles. The first-order valence-corrected chi connectivity index (χ1v) is 11.7. The third-order valence-electron chi connectivity index (χ3n) is 5.95. The van der Waals surface area contributed by atoms with Crippen LogP contribution in [0.15, 0.2) is 18.2 Å². The molecule has 0 spiro atoms. The van der Waals surface area contributed by atoms with E-state index in [1.54, 1.807) is 12.1 Å². The zero-order valence-electron chi connectivity index (χ0n) is 17.3. The smallest absolute Gasteiger partial charge is 0.251 e. The summed E-state index contributed by atoms with van der Waals surface area (Å²) in [5, 5.41) is 3.94. The van der Waals surface area contributed by atoms with E-state index in [1.807, 2.05) is 0 Å². The van der Waals surface area contributed by atoms with Gasteiger partial charge in [-0.2, -0.15) is 0 Å². The number of nitrogens with two attached hydrogens (primary N) is 1. The Morgan fingerprint density at radius 1 is 1.13 bits per heavy atom. The Balaban J connectivity index is 1.32. The predicted octanol–water partition coefficient (Wildman–Crippen LogP) is 3.27. The number of carbonyl (C=O) groups excluding carboxylic acids is 2. The van der Waals surface area contributed by atoms with Gasteiger partial charge in [-0.1, -0.05) is 17.7 Å². The van der Waals surface area contributed by atoms with Crippen molar-refractivity contribution in [2.75, 3.05) is 38.0 Å². The van der Waals surface area contributed by atoms with Gasteiger partial charge in [-0.05, 0) is 43.4 Å².